The van der Waals surface area contributed by atoms with Gasteiger partial charge in [-0.3, -0.25) is 0 Å². The normalized spacial score (nSPS) is 13.9. The van der Waals surface area contributed by atoms with E-state index < -0.39 is 16.1 Å². The molecular formula is C20H22ClN3O3S. The van der Waals surface area contributed by atoms with Crippen molar-refractivity contribution in [1.29, 1.82) is 0 Å². The Morgan fingerprint density at radius 1 is 1.14 bits per heavy atom. The highest BCUT2D eigenvalue weighted by atomic mass is 35.5. The fraction of sp³-hybridized carbons (Fsp3) is 0.250. The van der Waals surface area contributed by atoms with Gasteiger partial charge in [-0.2, -0.15) is 8.42 Å². The van der Waals surface area contributed by atoms with Crippen LogP contribution in [-0.2, 0) is 16.6 Å². The molecule has 1 aliphatic rings. The number of hydrogen-bond acceptors (Lipinski definition) is 4. The highest BCUT2D eigenvalue weighted by molar-refractivity contribution is 7.93. The van der Waals surface area contributed by atoms with E-state index in [1.54, 1.807) is 42.2 Å². The van der Waals surface area contributed by atoms with E-state index in [-0.39, 0.29) is 11.6 Å². The number of hydrogen-bond donors (Lipinski definition) is 1. The first-order chi connectivity index (χ1) is 13.4. The standard InChI is InChI=1S/C20H22ClN3O3S/c1-2-24(20(25)22-18-12-10-17(21)11-13-18)28(26,27)19-9-6-14-23(19)15-16-7-4-3-5-8-16/h3-5,7-13H,2,6,14-15H2,1H3,(H,22,25). The average Bonchev–Trinajstić information content (AvgIpc) is 3.14. The number of rotatable bonds is 6. The van der Waals surface area contributed by atoms with E-state index in [4.69, 9.17) is 11.6 Å². The van der Waals surface area contributed by atoms with Crippen molar-refractivity contribution in [2.75, 3.05) is 18.4 Å². The predicted molar refractivity (Wildman–Crippen MR) is 111 cm³/mol. The molecule has 0 saturated heterocycles. The van der Waals surface area contributed by atoms with Gasteiger partial charge in [0.25, 0.3) is 10.0 Å². The van der Waals surface area contributed by atoms with Gasteiger partial charge in [-0.05, 0) is 49.2 Å². The highest BCUT2D eigenvalue weighted by Crippen LogP contribution is 2.26. The van der Waals surface area contributed by atoms with Gasteiger partial charge in [0.15, 0.2) is 0 Å². The van der Waals surface area contributed by atoms with Gasteiger partial charge in [0.1, 0.15) is 5.03 Å². The molecule has 1 heterocycles. The molecular weight excluding hydrogens is 398 g/mol. The van der Waals surface area contributed by atoms with Crippen molar-refractivity contribution in [2.45, 2.75) is 19.9 Å². The lowest BCUT2D eigenvalue weighted by atomic mass is 10.2. The predicted octanol–water partition coefficient (Wildman–Crippen LogP) is 4.27. The van der Waals surface area contributed by atoms with Gasteiger partial charge >= 0.3 is 6.03 Å². The summed E-state index contributed by atoms with van der Waals surface area (Å²) in [5.74, 6) is 0. The summed E-state index contributed by atoms with van der Waals surface area (Å²) in [4.78, 5) is 14.4. The van der Waals surface area contributed by atoms with Gasteiger partial charge in [-0.25, -0.2) is 9.10 Å². The molecule has 0 bridgehead atoms. The molecule has 0 saturated carbocycles. The fourth-order valence-electron chi connectivity index (χ4n) is 3.07. The van der Waals surface area contributed by atoms with E-state index in [0.717, 1.165) is 9.87 Å². The Balaban J connectivity index is 1.78. The van der Waals surface area contributed by atoms with Crippen LogP contribution in [0.5, 0.6) is 0 Å². The van der Waals surface area contributed by atoms with Crippen LogP contribution in [0.4, 0.5) is 10.5 Å². The van der Waals surface area contributed by atoms with Crippen LogP contribution in [0, 0.1) is 0 Å². The van der Waals surface area contributed by atoms with Crippen LogP contribution in [0.2, 0.25) is 5.02 Å². The van der Waals surface area contributed by atoms with Gasteiger partial charge in [0.05, 0.1) is 0 Å². The average molecular weight is 420 g/mol. The second kappa shape index (κ2) is 8.67. The van der Waals surface area contributed by atoms with Gasteiger partial charge in [0, 0.05) is 30.3 Å². The third-order valence-corrected chi connectivity index (χ3v) is 6.62. The molecule has 0 fully saturated rings. The molecule has 0 atom stereocenters. The number of carbonyl (C=O) groups is 1. The minimum atomic E-state index is -3.97. The number of urea groups is 1. The van der Waals surface area contributed by atoms with E-state index in [2.05, 4.69) is 5.32 Å². The molecule has 0 aromatic heterocycles. The molecule has 3 rings (SSSR count). The quantitative estimate of drug-likeness (QED) is 0.759. The number of anilines is 1. The summed E-state index contributed by atoms with van der Waals surface area (Å²) in [5.41, 5.74) is 1.49. The van der Waals surface area contributed by atoms with Crippen molar-refractivity contribution in [3.8, 4) is 0 Å². The second-order valence-corrected chi connectivity index (χ2v) is 8.59. The molecule has 2 aromatic rings. The first-order valence-corrected chi connectivity index (χ1v) is 10.8. The minimum Gasteiger partial charge on any atom is -0.356 e. The molecule has 0 radical (unpaired) electrons. The monoisotopic (exact) mass is 419 g/mol. The van der Waals surface area contributed by atoms with Crippen molar-refractivity contribution >= 4 is 33.3 Å². The first-order valence-electron chi connectivity index (χ1n) is 9.00. The van der Waals surface area contributed by atoms with Gasteiger partial charge in [-0.15, -0.1) is 0 Å². The number of nitrogens with one attached hydrogen (secondary N) is 1. The van der Waals surface area contributed by atoms with Crippen molar-refractivity contribution < 1.29 is 13.2 Å². The number of benzene rings is 2. The molecule has 0 aliphatic carbocycles. The van der Waals surface area contributed by atoms with E-state index in [0.29, 0.717) is 30.2 Å². The van der Waals surface area contributed by atoms with Crippen LogP contribution < -0.4 is 5.32 Å². The van der Waals surface area contributed by atoms with E-state index in [1.165, 1.54) is 0 Å². The summed E-state index contributed by atoms with van der Waals surface area (Å²) in [6.45, 7) is 2.73. The molecule has 28 heavy (non-hydrogen) atoms. The molecule has 6 nitrogen and oxygen atoms in total. The van der Waals surface area contributed by atoms with Crippen molar-refractivity contribution in [1.82, 2.24) is 9.21 Å². The topological polar surface area (TPSA) is 69.7 Å². The largest absolute Gasteiger partial charge is 0.356 e. The summed E-state index contributed by atoms with van der Waals surface area (Å²) in [5, 5.41) is 3.32. The second-order valence-electron chi connectivity index (χ2n) is 6.35. The molecule has 148 valence electrons. The van der Waals surface area contributed by atoms with Gasteiger partial charge in [0.2, 0.25) is 0 Å². The number of nitrogens with zero attached hydrogens (tertiary/aromatic N) is 2. The maximum atomic E-state index is 13.2. The molecule has 2 aromatic carbocycles. The zero-order valence-electron chi connectivity index (χ0n) is 15.5. The molecule has 2 amide bonds. The Kier molecular flexibility index (Phi) is 6.26. The maximum Gasteiger partial charge on any atom is 0.335 e. The van der Waals surface area contributed by atoms with Crippen molar-refractivity contribution in [3.63, 3.8) is 0 Å². The zero-order chi connectivity index (χ0) is 20.1. The van der Waals surface area contributed by atoms with E-state index in [9.17, 15) is 13.2 Å². The maximum absolute atomic E-state index is 13.2. The minimum absolute atomic E-state index is 0.0261. The Hall–Kier alpha value is -2.51. The van der Waals surface area contributed by atoms with Crippen LogP contribution >= 0.6 is 11.6 Å². The third kappa shape index (κ3) is 4.48. The Labute approximate surface area is 170 Å². The summed E-state index contributed by atoms with van der Waals surface area (Å²) in [7, 11) is -3.97. The number of halogens is 1. The summed E-state index contributed by atoms with van der Waals surface area (Å²) >= 11 is 5.85. The Morgan fingerprint density at radius 3 is 2.46 bits per heavy atom. The van der Waals surface area contributed by atoms with E-state index in [1.807, 2.05) is 30.3 Å². The molecule has 0 spiro atoms. The smallest absolute Gasteiger partial charge is 0.335 e. The van der Waals surface area contributed by atoms with Crippen LogP contribution in [0.1, 0.15) is 18.9 Å². The van der Waals surface area contributed by atoms with Crippen molar-refractivity contribution in [3.05, 3.63) is 76.3 Å². The first kappa shape index (κ1) is 20.2. The SMILES string of the molecule is CCN(C(=O)Nc1ccc(Cl)cc1)S(=O)(=O)C1=CCCN1Cc1ccccc1. The summed E-state index contributed by atoms with van der Waals surface area (Å²) < 4.78 is 27.2. The third-order valence-electron chi connectivity index (χ3n) is 4.41. The fourth-order valence-corrected chi connectivity index (χ4v) is 4.83. The van der Waals surface area contributed by atoms with Crippen LogP contribution in [0.3, 0.4) is 0 Å². The zero-order valence-corrected chi connectivity index (χ0v) is 17.1. The van der Waals surface area contributed by atoms with Crippen molar-refractivity contribution in [2.24, 2.45) is 0 Å². The van der Waals surface area contributed by atoms with Crippen LogP contribution in [0.25, 0.3) is 0 Å². The Bertz CT molecular complexity index is 960. The molecule has 1 N–H and O–H groups in total. The number of sulfonamides is 1. The van der Waals surface area contributed by atoms with Crippen LogP contribution in [-0.4, -0.2) is 36.7 Å². The highest BCUT2D eigenvalue weighted by Gasteiger charge is 2.35. The lowest BCUT2D eigenvalue weighted by Gasteiger charge is -2.27. The molecule has 1 aliphatic heterocycles. The summed E-state index contributed by atoms with van der Waals surface area (Å²) in [6, 6.07) is 15.5. The lowest BCUT2D eigenvalue weighted by Crippen LogP contribution is -2.42. The van der Waals surface area contributed by atoms with Crippen LogP contribution in [0.15, 0.2) is 65.7 Å². The Morgan fingerprint density at radius 2 is 1.82 bits per heavy atom. The molecule has 8 heteroatoms. The molecule has 0 unspecified atom stereocenters. The lowest BCUT2D eigenvalue weighted by molar-refractivity contribution is 0.236. The number of carbonyl (C=O) groups excluding carboxylic acids is 1. The van der Waals surface area contributed by atoms with Gasteiger partial charge in [-0.1, -0.05) is 41.9 Å². The van der Waals surface area contributed by atoms with E-state index >= 15 is 0 Å². The number of amides is 2. The summed E-state index contributed by atoms with van der Waals surface area (Å²) in [6.07, 6.45) is 2.30. The van der Waals surface area contributed by atoms with Gasteiger partial charge < -0.3 is 10.2 Å².